The summed E-state index contributed by atoms with van der Waals surface area (Å²) in [6.07, 6.45) is 4.12. The van der Waals surface area contributed by atoms with Gasteiger partial charge in [-0.25, -0.2) is 0 Å². The number of nitrogens with zero attached hydrogens (tertiary/aromatic N) is 2. The first kappa shape index (κ1) is 19.1. The van der Waals surface area contributed by atoms with Gasteiger partial charge in [-0.3, -0.25) is 14.6 Å². The fraction of sp³-hybridized carbons (Fsp3) is 0.174. The standard InChI is InChI=1S/C23H20N2O3S/c1-2-15-5-7-17(8-6-15)21(26)19-20(16-9-11-24-12-10-16)25(23(28)22(19)27)14-18-4-3-13-29-18/h3-13,20,26H,2,14H2,1H3/b21-19-. The van der Waals surface area contributed by atoms with Crippen molar-refractivity contribution in [1.82, 2.24) is 9.88 Å². The van der Waals surface area contributed by atoms with E-state index in [2.05, 4.69) is 11.9 Å². The summed E-state index contributed by atoms with van der Waals surface area (Å²) in [6, 6.07) is 14.1. The maximum absolute atomic E-state index is 12.9. The number of carbonyl (C=O) groups excluding carboxylic acids is 2. The van der Waals surface area contributed by atoms with Crippen LogP contribution in [-0.4, -0.2) is 26.7 Å². The normalized spacial score (nSPS) is 18.4. The first-order chi connectivity index (χ1) is 14.1. The van der Waals surface area contributed by atoms with Gasteiger partial charge in [0.1, 0.15) is 5.76 Å². The molecule has 1 unspecified atom stereocenters. The molecule has 1 aliphatic rings. The number of aryl methyl sites for hydroxylation is 1. The highest BCUT2D eigenvalue weighted by atomic mass is 32.1. The van der Waals surface area contributed by atoms with Gasteiger partial charge < -0.3 is 10.0 Å². The van der Waals surface area contributed by atoms with Gasteiger partial charge in [0.15, 0.2) is 0 Å². The van der Waals surface area contributed by atoms with Gasteiger partial charge in [0.2, 0.25) is 0 Å². The van der Waals surface area contributed by atoms with Gasteiger partial charge in [0.25, 0.3) is 11.7 Å². The van der Waals surface area contributed by atoms with Crippen molar-refractivity contribution in [3.05, 3.63) is 93.4 Å². The zero-order valence-corrected chi connectivity index (χ0v) is 16.7. The number of rotatable bonds is 5. The molecule has 1 aromatic carbocycles. The van der Waals surface area contributed by atoms with Crippen LogP contribution in [0.3, 0.4) is 0 Å². The lowest BCUT2D eigenvalue weighted by atomic mass is 9.95. The summed E-state index contributed by atoms with van der Waals surface area (Å²) in [6.45, 7) is 2.36. The Hall–Kier alpha value is -3.25. The summed E-state index contributed by atoms with van der Waals surface area (Å²) in [5.41, 5.74) is 2.50. The zero-order valence-electron chi connectivity index (χ0n) is 15.9. The van der Waals surface area contributed by atoms with Crippen molar-refractivity contribution >= 4 is 28.8 Å². The van der Waals surface area contributed by atoms with E-state index in [0.29, 0.717) is 12.1 Å². The number of likely N-dealkylation sites (tertiary alicyclic amines) is 1. The fourth-order valence-electron chi connectivity index (χ4n) is 3.56. The number of aliphatic hydroxyl groups excluding tert-OH is 1. The molecule has 1 saturated heterocycles. The Labute approximate surface area is 173 Å². The Morgan fingerprint density at radius 2 is 1.83 bits per heavy atom. The number of amides is 1. The number of benzene rings is 1. The van der Waals surface area contributed by atoms with E-state index in [1.165, 1.54) is 16.2 Å². The Morgan fingerprint density at radius 1 is 1.10 bits per heavy atom. The van der Waals surface area contributed by atoms with Gasteiger partial charge in [-0.2, -0.15) is 0 Å². The third kappa shape index (κ3) is 3.59. The van der Waals surface area contributed by atoms with E-state index in [1.807, 2.05) is 29.6 Å². The van der Waals surface area contributed by atoms with Crippen molar-refractivity contribution in [2.24, 2.45) is 0 Å². The van der Waals surface area contributed by atoms with Crippen LogP contribution < -0.4 is 0 Å². The lowest BCUT2D eigenvalue weighted by Crippen LogP contribution is -2.28. The molecule has 5 nitrogen and oxygen atoms in total. The molecule has 3 aromatic rings. The van der Waals surface area contributed by atoms with E-state index < -0.39 is 17.7 Å². The smallest absolute Gasteiger partial charge is 0.295 e. The van der Waals surface area contributed by atoms with Crippen molar-refractivity contribution in [2.75, 3.05) is 0 Å². The SMILES string of the molecule is CCc1ccc(/C(O)=C2/C(=O)C(=O)N(Cc3cccs3)C2c2ccncc2)cc1. The van der Waals surface area contributed by atoms with Gasteiger partial charge in [-0.05, 0) is 41.1 Å². The first-order valence-electron chi connectivity index (χ1n) is 9.40. The molecule has 0 bridgehead atoms. The molecule has 1 fully saturated rings. The number of aliphatic hydroxyl groups is 1. The Balaban J connectivity index is 1.83. The van der Waals surface area contributed by atoms with Crippen LogP contribution in [0.1, 0.15) is 34.5 Å². The van der Waals surface area contributed by atoms with Crippen LogP contribution in [0.5, 0.6) is 0 Å². The van der Waals surface area contributed by atoms with E-state index in [-0.39, 0.29) is 11.3 Å². The Bertz CT molecular complexity index is 1060. The largest absolute Gasteiger partial charge is 0.507 e. The molecule has 1 amide bonds. The number of hydrogen-bond acceptors (Lipinski definition) is 5. The van der Waals surface area contributed by atoms with E-state index in [9.17, 15) is 14.7 Å². The van der Waals surface area contributed by atoms with Gasteiger partial charge in [0.05, 0.1) is 18.2 Å². The highest BCUT2D eigenvalue weighted by Gasteiger charge is 2.46. The third-order valence-corrected chi connectivity index (χ3v) is 5.96. The minimum Gasteiger partial charge on any atom is -0.507 e. The van der Waals surface area contributed by atoms with E-state index in [0.717, 1.165) is 22.4 Å². The van der Waals surface area contributed by atoms with Crippen LogP contribution in [0.4, 0.5) is 0 Å². The molecule has 0 radical (unpaired) electrons. The second-order valence-corrected chi connectivity index (χ2v) is 7.87. The molecule has 29 heavy (non-hydrogen) atoms. The number of hydrogen-bond donors (Lipinski definition) is 1. The summed E-state index contributed by atoms with van der Waals surface area (Å²) < 4.78 is 0. The molecule has 1 atom stereocenters. The second kappa shape index (κ2) is 8.01. The molecular weight excluding hydrogens is 384 g/mol. The van der Waals surface area contributed by atoms with Gasteiger partial charge >= 0.3 is 0 Å². The predicted octanol–water partition coefficient (Wildman–Crippen LogP) is 4.33. The maximum atomic E-state index is 12.9. The molecule has 3 heterocycles. The fourth-order valence-corrected chi connectivity index (χ4v) is 4.26. The van der Waals surface area contributed by atoms with Crippen molar-refractivity contribution < 1.29 is 14.7 Å². The van der Waals surface area contributed by atoms with Crippen molar-refractivity contribution in [1.29, 1.82) is 0 Å². The van der Waals surface area contributed by atoms with Crippen LogP contribution in [-0.2, 0) is 22.6 Å². The second-order valence-electron chi connectivity index (χ2n) is 6.84. The molecular formula is C23H20N2O3S. The molecule has 6 heteroatoms. The van der Waals surface area contributed by atoms with Crippen LogP contribution in [0, 0.1) is 0 Å². The summed E-state index contributed by atoms with van der Waals surface area (Å²) in [5.74, 6) is -1.42. The summed E-state index contributed by atoms with van der Waals surface area (Å²) in [4.78, 5) is 32.4. The van der Waals surface area contributed by atoms with Gasteiger partial charge in [-0.15, -0.1) is 11.3 Å². The van der Waals surface area contributed by atoms with Crippen LogP contribution in [0.25, 0.3) is 5.76 Å². The molecule has 146 valence electrons. The van der Waals surface area contributed by atoms with E-state index in [4.69, 9.17) is 0 Å². The number of pyridine rings is 1. The Kier molecular flexibility index (Phi) is 5.27. The quantitative estimate of drug-likeness (QED) is 0.390. The molecule has 4 rings (SSSR count). The zero-order chi connectivity index (χ0) is 20.4. The van der Waals surface area contributed by atoms with E-state index in [1.54, 1.807) is 36.7 Å². The number of Topliss-reactive ketones (excluding diaryl/α,β-unsaturated/α-hetero) is 1. The molecule has 0 spiro atoms. The topological polar surface area (TPSA) is 70.5 Å². The lowest BCUT2D eigenvalue weighted by Gasteiger charge is -2.24. The van der Waals surface area contributed by atoms with Crippen molar-refractivity contribution in [3.63, 3.8) is 0 Å². The number of aromatic nitrogens is 1. The van der Waals surface area contributed by atoms with Gasteiger partial charge in [-0.1, -0.05) is 37.3 Å². The number of thiophene rings is 1. The summed E-state index contributed by atoms with van der Waals surface area (Å²) >= 11 is 1.52. The summed E-state index contributed by atoms with van der Waals surface area (Å²) in [5, 5.41) is 12.9. The minimum absolute atomic E-state index is 0.113. The van der Waals surface area contributed by atoms with Crippen molar-refractivity contribution in [2.45, 2.75) is 25.9 Å². The van der Waals surface area contributed by atoms with Crippen molar-refractivity contribution in [3.8, 4) is 0 Å². The molecule has 2 aromatic heterocycles. The average molecular weight is 404 g/mol. The van der Waals surface area contributed by atoms with Crippen LogP contribution >= 0.6 is 11.3 Å². The highest BCUT2D eigenvalue weighted by Crippen LogP contribution is 2.40. The average Bonchev–Trinajstić information content (AvgIpc) is 3.36. The van der Waals surface area contributed by atoms with Crippen LogP contribution in [0.15, 0.2) is 71.9 Å². The van der Waals surface area contributed by atoms with Crippen LogP contribution in [0.2, 0.25) is 0 Å². The third-order valence-electron chi connectivity index (χ3n) is 5.10. The molecule has 1 N–H and O–H groups in total. The minimum atomic E-state index is -0.666. The molecule has 0 saturated carbocycles. The first-order valence-corrected chi connectivity index (χ1v) is 10.3. The highest BCUT2D eigenvalue weighted by molar-refractivity contribution is 7.09. The number of ketones is 1. The maximum Gasteiger partial charge on any atom is 0.295 e. The van der Waals surface area contributed by atoms with Gasteiger partial charge in [0, 0.05) is 22.8 Å². The lowest BCUT2D eigenvalue weighted by molar-refractivity contribution is -0.140. The summed E-state index contributed by atoms with van der Waals surface area (Å²) in [7, 11) is 0. The molecule has 1 aliphatic heterocycles. The number of carbonyl (C=O) groups is 2. The van der Waals surface area contributed by atoms with E-state index >= 15 is 0 Å². The monoisotopic (exact) mass is 404 g/mol. The molecule has 0 aliphatic carbocycles. The Morgan fingerprint density at radius 3 is 2.45 bits per heavy atom. The predicted molar refractivity (Wildman–Crippen MR) is 112 cm³/mol.